The van der Waals surface area contributed by atoms with Crippen molar-refractivity contribution in [3.8, 4) is 0 Å². The van der Waals surface area contributed by atoms with Crippen LogP contribution in [0.1, 0.15) is 22.5 Å². The second-order valence-corrected chi connectivity index (χ2v) is 4.48. The molecule has 0 saturated heterocycles. The van der Waals surface area contributed by atoms with Gasteiger partial charge in [0, 0.05) is 30.3 Å². The standard InChI is InChI=1S/C14H16N2O3/c1-10-3-4-12(7-14(10)16(17)18)8-15-9-13-5-6-19-11(13)2/h3-7,15H,8-9H2,1-2H3. The highest BCUT2D eigenvalue weighted by molar-refractivity contribution is 5.42. The zero-order chi connectivity index (χ0) is 13.8. The van der Waals surface area contributed by atoms with Crippen molar-refractivity contribution in [1.82, 2.24) is 5.32 Å². The molecule has 1 N–H and O–H groups in total. The Hall–Kier alpha value is -2.14. The molecule has 1 aromatic carbocycles. The number of hydrogen-bond donors (Lipinski definition) is 1. The number of aryl methyl sites for hydroxylation is 2. The van der Waals surface area contributed by atoms with E-state index in [9.17, 15) is 10.1 Å². The number of benzene rings is 1. The number of nitro groups is 1. The lowest BCUT2D eigenvalue weighted by Gasteiger charge is -2.05. The molecule has 2 rings (SSSR count). The minimum atomic E-state index is -0.348. The van der Waals surface area contributed by atoms with Crippen molar-refractivity contribution in [1.29, 1.82) is 0 Å². The summed E-state index contributed by atoms with van der Waals surface area (Å²) in [5.41, 5.74) is 2.85. The number of furan rings is 1. The van der Waals surface area contributed by atoms with Crippen molar-refractivity contribution < 1.29 is 9.34 Å². The third kappa shape index (κ3) is 3.20. The van der Waals surface area contributed by atoms with E-state index in [0.717, 1.165) is 16.9 Å². The molecule has 0 aliphatic heterocycles. The Kier molecular flexibility index (Phi) is 3.97. The topological polar surface area (TPSA) is 68.3 Å². The van der Waals surface area contributed by atoms with Gasteiger partial charge < -0.3 is 9.73 Å². The summed E-state index contributed by atoms with van der Waals surface area (Å²) >= 11 is 0. The smallest absolute Gasteiger partial charge is 0.272 e. The minimum Gasteiger partial charge on any atom is -0.469 e. The van der Waals surface area contributed by atoms with E-state index in [-0.39, 0.29) is 10.6 Å². The van der Waals surface area contributed by atoms with Crippen LogP contribution < -0.4 is 5.32 Å². The Bertz CT molecular complexity index is 590. The van der Waals surface area contributed by atoms with Crippen LogP contribution in [0.5, 0.6) is 0 Å². The molecule has 0 aliphatic carbocycles. The van der Waals surface area contributed by atoms with Gasteiger partial charge in [-0.05, 0) is 25.5 Å². The van der Waals surface area contributed by atoms with E-state index < -0.39 is 0 Å². The molecule has 0 unspecified atom stereocenters. The third-order valence-corrected chi connectivity index (χ3v) is 3.08. The summed E-state index contributed by atoms with van der Waals surface area (Å²) in [6, 6.07) is 7.21. The first-order chi connectivity index (χ1) is 9.08. The second-order valence-electron chi connectivity index (χ2n) is 4.48. The lowest BCUT2D eigenvalue weighted by molar-refractivity contribution is -0.385. The van der Waals surface area contributed by atoms with Crippen molar-refractivity contribution in [3.63, 3.8) is 0 Å². The summed E-state index contributed by atoms with van der Waals surface area (Å²) in [6.07, 6.45) is 1.66. The van der Waals surface area contributed by atoms with E-state index in [0.29, 0.717) is 18.7 Å². The molecule has 2 aromatic rings. The van der Waals surface area contributed by atoms with Crippen LogP contribution in [-0.4, -0.2) is 4.92 Å². The largest absolute Gasteiger partial charge is 0.469 e. The molecule has 19 heavy (non-hydrogen) atoms. The van der Waals surface area contributed by atoms with Gasteiger partial charge in [0.2, 0.25) is 0 Å². The monoisotopic (exact) mass is 260 g/mol. The van der Waals surface area contributed by atoms with Gasteiger partial charge in [0.25, 0.3) is 5.69 Å². The Morgan fingerprint density at radius 2 is 2.05 bits per heavy atom. The lowest BCUT2D eigenvalue weighted by atomic mass is 10.1. The van der Waals surface area contributed by atoms with Gasteiger partial charge in [-0.3, -0.25) is 10.1 Å². The number of nitrogens with zero attached hydrogens (tertiary/aromatic N) is 1. The molecule has 0 amide bonds. The summed E-state index contributed by atoms with van der Waals surface area (Å²) in [5.74, 6) is 0.891. The summed E-state index contributed by atoms with van der Waals surface area (Å²) in [6.45, 7) is 4.92. The second kappa shape index (κ2) is 5.67. The van der Waals surface area contributed by atoms with Gasteiger partial charge in [-0.1, -0.05) is 12.1 Å². The first-order valence-corrected chi connectivity index (χ1v) is 6.05. The van der Waals surface area contributed by atoms with Crippen LogP contribution in [0, 0.1) is 24.0 Å². The normalized spacial score (nSPS) is 10.6. The van der Waals surface area contributed by atoms with E-state index in [2.05, 4.69) is 5.32 Å². The van der Waals surface area contributed by atoms with E-state index in [1.807, 2.05) is 19.1 Å². The van der Waals surface area contributed by atoms with Crippen LogP contribution in [0.4, 0.5) is 5.69 Å². The van der Waals surface area contributed by atoms with Crippen molar-refractivity contribution >= 4 is 5.69 Å². The van der Waals surface area contributed by atoms with Crippen LogP contribution >= 0.6 is 0 Å². The highest BCUT2D eigenvalue weighted by Gasteiger charge is 2.10. The SMILES string of the molecule is Cc1ccc(CNCc2ccoc2C)cc1[N+](=O)[O-]. The van der Waals surface area contributed by atoms with E-state index in [1.54, 1.807) is 25.3 Å². The molecule has 0 saturated carbocycles. The zero-order valence-electron chi connectivity index (χ0n) is 11.0. The molecule has 0 aliphatic rings. The fraction of sp³-hybridized carbons (Fsp3) is 0.286. The average molecular weight is 260 g/mol. The summed E-state index contributed by atoms with van der Waals surface area (Å²) in [5, 5.41) is 14.1. The predicted molar refractivity (Wildman–Crippen MR) is 71.8 cm³/mol. The lowest BCUT2D eigenvalue weighted by Crippen LogP contribution is -2.13. The van der Waals surface area contributed by atoms with Crippen LogP contribution in [0.3, 0.4) is 0 Å². The number of rotatable bonds is 5. The molecule has 0 spiro atoms. The van der Waals surface area contributed by atoms with Gasteiger partial charge in [-0.2, -0.15) is 0 Å². The van der Waals surface area contributed by atoms with Gasteiger partial charge in [0.15, 0.2) is 0 Å². The van der Waals surface area contributed by atoms with E-state index in [1.165, 1.54) is 0 Å². The van der Waals surface area contributed by atoms with Gasteiger partial charge in [0.05, 0.1) is 11.2 Å². The van der Waals surface area contributed by atoms with Crippen molar-refractivity contribution in [2.75, 3.05) is 0 Å². The fourth-order valence-corrected chi connectivity index (χ4v) is 1.90. The van der Waals surface area contributed by atoms with Crippen molar-refractivity contribution in [2.45, 2.75) is 26.9 Å². The molecular weight excluding hydrogens is 244 g/mol. The predicted octanol–water partition coefficient (Wildman–Crippen LogP) is 3.09. The maximum Gasteiger partial charge on any atom is 0.272 e. The Labute approximate surface area is 111 Å². The fourth-order valence-electron chi connectivity index (χ4n) is 1.90. The average Bonchev–Trinajstić information content (AvgIpc) is 2.77. The zero-order valence-corrected chi connectivity index (χ0v) is 11.0. The third-order valence-electron chi connectivity index (χ3n) is 3.08. The summed E-state index contributed by atoms with van der Waals surface area (Å²) < 4.78 is 5.20. The molecule has 5 heteroatoms. The molecule has 1 heterocycles. The molecule has 5 nitrogen and oxygen atoms in total. The van der Waals surface area contributed by atoms with Crippen LogP contribution in [0.15, 0.2) is 34.9 Å². The molecule has 1 aromatic heterocycles. The number of nitrogens with one attached hydrogen (secondary N) is 1. The quantitative estimate of drug-likeness (QED) is 0.662. The maximum absolute atomic E-state index is 10.9. The molecule has 0 atom stereocenters. The van der Waals surface area contributed by atoms with E-state index in [4.69, 9.17) is 4.42 Å². The molecular formula is C14H16N2O3. The van der Waals surface area contributed by atoms with Crippen molar-refractivity contribution in [2.24, 2.45) is 0 Å². The summed E-state index contributed by atoms with van der Waals surface area (Å²) in [7, 11) is 0. The Morgan fingerprint density at radius 3 is 2.68 bits per heavy atom. The van der Waals surface area contributed by atoms with Gasteiger partial charge in [-0.15, -0.1) is 0 Å². The first-order valence-electron chi connectivity index (χ1n) is 6.05. The minimum absolute atomic E-state index is 0.166. The Morgan fingerprint density at radius 1 is 1.26 bits per heavy atom. The Balaban J connectivity index is 1.98. The highest BCUT2D eigenvalue weighted by Crippen LogP contribution is 2.19. The molecule has 0 radical (unpaired) electrons. The molecule has 100 valence electrons. The first kappa shape index (κ1) is 13.3. The van der Waals surface area contributed by atoms with Crippen LogP contribution in [-0.2, 0) is 13.1 Å². The molecule has 0 fully saturated rings. The van der Waals surface area contributed by atoms with Gasteiger partial charge >= 0.3 is 0 Å². The number of nitro benzene ring substituents is 1. The van der Waals surface area contributed by atoms with Gasteiger partial charge in [-0.25, -0.2) is 0 Å². The van der Waals surface area contributed by atoms with Crippen LogP contribution in [0.25, 0.3) is 0 Å². The highest BCUT2D eigenvalue weighted by atomic mass is 16.6. The summed E-state index contributed by atoms with van der Waals surface area (Å²) in [4.78, 5) is 10.5. The van der Waals surface area contributed by atoms with E-state index >= 15 is 0 Å². The molecule has 0 bridgehead atoms. The van der Waals surface area contributed by atoms with Crippen molar-refractivity contribution in [3.05, 3.63) is 63.1 Å². The van der Waals surface area contributed by atoms with Gasteiger partial charge in [0.1, 0.15) is 5.76 Å². The number of hydrogen-bond acceptors (Lipinski definition) is 4. The van der Waals surface area contributed by atoms with Crippen LogP contribution in [0.2, 0.25) is 0 Å². The maximum atomic E-state index is 10.9.